The highest BCUT2D eigenvalue weighted by molar-refractivity contribution is 7.89. The first-order valence-electron chi connectivity index (χ1n) is 6.35. The Morgan fingerprint density at radius 1 is 1.14 bits per heavy atom. The second-order valence-electron chi connectivity index (χ2n) is 4.55. The Morgan fingerprint density at radius 3 is 2.52 bits per heavy atom. The molecule has 0 fully saturated rings. The van der Waals surface area contributed by atoms with Crippen molar-refractivity contribution in [2.45, 2.75) is 17.9 Å². The molecule has 2 aromatic rings. The number of hydrogen-bond donors (Lipinski definition) is 1. The number of nitrogens with one attached hydrogen (secondary N) is 1. The van der Waals surface area contributed by atoms with Gasteiger partial charge in [-0.3, -0.25) is 0 Å². The first-order chi connectivity index (χ1) is 9.94. The summed E-state index contributed by atoms with van der Waals surface area (Å²) in [7, 11) is -2.39. The molecule has 2 rings (SSSR count). The summed E-state index contributed by atoms with van der Waals surface area (Å²) in [5.41, 5.74) is 0.731. The van der Waals surface area contributed by atoms with Crippen LogP contribution in [0, 0.1) is 5.82 Å². The number of sulfonamides is 1. The van der Waals surface area contributed by atoms with Crippen LogP contribution in [-0.4, -0.2) is 15.5 Å². The van der Waals surface area contributed by atoms with Crippen molar-refractivity contribution in [1.29, 1.82) is 0 Å². The molecule has 6 heteroatoms. The summed E-state index contributed by atoms with van der Waals surface area (Å²) >= 11 is 0. The largest absolute Gasteiger partial charge is 0.497 e. The average molecular weight is 309 g/mol. The Hall–Kier alpha value is -1.92. The molecule has 0 saturated carbocycles. The van der Waals surface area contributed by atoms with Crippen LogP contribution >= 0.6 is 0 Å². The van der Waals surface area contributed by atoms with Crippen LogP contribution in [0.25, 0.3) is 0 Å². The molecule has 0 bridgehead atoms. The van der Waals surface area contributed by atoms with Gasteiger partial charge in [-0.1, -0.05) is 24.3 Å². The molecule has 2 aromatic carbocycles. The predicted molar refractivity (Wildman–Crippen MR) is 78.1 cm³/mol. The highest BCUT2D eigenvalue weighted by atomic mass is 32.2. The van der Waals surface area contributed by atoms with E-state index in [1.807, 2.05) is 0 Å². The van der Waals surface area contributed by atoms with Gasteiger partial charge >= 0.3 is 0 Å². The number of methoxy groups -OCH3 is 1. The monoisotopic (exact) mass is 309 g/mol. The Kier molecular flexibility index (Phi) is 4.59. The molecule has 0 aromatic heterocycles. The minimum absolute atomic E-state index is 0.361. The van der Waals surface area contributed by atoms with E-state index >= 15 is 0 Å². The molecule has 112 valence electrons. The Balaban J connectivity index is 2.26. The summed E-state index contributed by atoms with van der Waals surface area (Å²) < 4.78 is 45.6. The van der Waals surface area contributed by atoms with Crippen LogP contribution in [0.15, 0.2) is 53.4 Å². The van der Waals surface area contributed by atoms with E-state index < -0.39 is 21.9 Å². The highest BCUT2D eigenvalue weighted by Crippen LogP contribution is 2.21. The van der Waals surface area contributed by atoms with Crippen molar-refractivity contribution in [3.8, 4) is 5.75 Å². The van der Waals surface area contributed by atoms with Crippen LogP contribution in [0.2, 0.25) is 0 Å². The van der Waals surface area contributed by atoms with Gasteiger partial charge in [-0.2, -0.15) is 0 Å². The zero-order valence-corrected chi connectivity index (χ0v) is 12.5. The second-order valence-corrected chi connectivity index (χ2v) is 6.23. The van der Waals surface area contributed by atoms with Crippen molar-refractivity contribution in [2.24, 2.45) is 0 Å². The van der Waals surface area contributed by atoms with Crippen molar-refractivity contribution in [3.63, 3.8) is 0 Å². The second kappa shape index (κ2) is 6.24. The van der Waals surface area contributed by atoms with Gasteiger partial charge in [0, 0.05) is 6.04 Å². The first-order valence-corrected chi connectivity index (χ1v) is 7.83. The minimum atomic E-state index is -3.92. The van der Waals surface area contributed by atoms with Crippen molar-refractivity contribution in [2.75, 3.05) is 7.11 Å². The van der Waals surface area contributed by atoms with Gasteiger partial charge in [0.05, 0.1) is 7.11 Å². The molecule has 1 atom stereocenters. The van der Waals surface area contributed by atoms with E-state index in [2.05, 4.69) is 4.72 Å². The summed E-state index contributed by atoms with van der Waals surface area (Å²) in [6.07, 6.45) is 0. The van der Waals surface area contributed by atoms with Crippen molar-refractivity contribution in [1.82, 2.24) is 4.72 Å². The molecule has 0 aliphatic heterocycles. The number of hydrogen-bond acceptors (Lipinski definition) is 3. The molecular weight excluding hydrogens is 293 g/mol. The number of benzene rings is 2. The molecule has 1 unspecified atom stereocenters. The lowest BCUT2D eigenvalue weighted by molar-refractivity contribution is 0.413. The molecule has 0 heterocycles. The van der Waals surface area contributed by atoms with Gasteiger partial charge in [-0.05, 0) is 36.8 Å². The van der Waals surface area contributed by atoms with E-state index in [4.69, 9.17) is 4.74 Å². The maximum Gasteiger partial charge on any atom is 0.244 e. The van der Waals surface area contributed by atoms with Crippen molar-refractivity contribution >= 4 is 10.0 Å². The zero-order valence-electron chi connectivity index (χ0n) is 11.7. The number of rotatable bonds is 5. The van der Waals surface area contributed by atoms with Gasteiger partial charge in [-0.25, -0.2) is 17.5 Å². The van der Waals surface area contributed by atoms with Gasteiger partial charge in [0.1, 0.15) is 16.5 Å². The molecule has 0 aliphatic rings. The summed E-state index contributed by atoms with van der Waals surface area (Å²) in [5, 5.41) is 0. The molecule has 0 amide bonds. The molecule has 0 saturated heterocycles. The summed E-state index contributed by atoms with van der Waals surface area (Å²) in [4.78, 5) is -0.361. The van der Waals surface area contributed by atoms with Gasteiger partial charge in [0.25, 0.3) is 0 Å². The van der Waals surface area contributed by atoms with Gasteiger partial charge < -0.3 is 4.74 Å². The Labute approximate surface area is 123 Å². The van der Waals surface area contributed by atoms with E-state index in [9.17, 15) is 12.8 Å². The fraction of sp³-hybridized carbons (Fsp3) is 0.200. The average Bonchev–Trinajstić information content (AvgIpc) is 2.47. The topological polar surface area (TPSA) is 55.4 Å². The van der Waals surface area contributed by atoms with E-state index in [-0.39, 0.29) is 4.90 Å². The standard InChI is InChI=1S/C15H16FNO3S/c1-11(12-6-5-7-13(10-12)20-2)17-21(18,19)15-9-4-3-8-14(15)16/h3-11,17H,1-2H3. The third-order valence-corrected chi connectivity index (χ3v) is 4.63. The molecule has 1 N–H and O–H groups in total. The normalized spacial score (nSPS) is 12.9. The quantitative estimate of drug-likeness (QED) is 0.924. The van der Waals surface area contributed by atoms with E-state index in [1.165, 1.54) is 25.3 Å². The third kappa shape index (κ3) is 3.59. The fourth-order valence-corrected chi connectivity index (χ4v) is 3.25. The maximum atomic E-state index is 13.6. The molecule has 4 nitrogen and oxygen atoms in total. The first kappa shape index (κ1) is 15.5. The fourth-order valence-electron chi connectivity index (χ4n) is 1.94. The van der Waals surface area contributed by atoms with Crippen LogP contribution in [0.1, 0.15) is 18.5 Å². The van der Waals surface area contributed by atoms with Crippen molar-refractivity contribution < 1.29 is 17.5 Å². The van der Waals surface area contributed by atoms with Crippen molar-refractivity contribution in [3.05, 3.63) is 59.9 Å². The molecule has 0 spiro atoms. The van der Waals surface area contributed by atoms with Gasteiger partial charge in [-0.15, -0.1) is 0 Å². The molecule has 0 aliphatic carbocycles. The number of halogens is 1. The van der Waals surface area contributed by atoms with Gasteiger partial charge in [0.15, 0.2) is 0 Å². The SMILES string of the molecule is COc1cccc(C(C)NS(=O)(=O)c2ccccc2F)c1. The lowest BCUT2D eigenvalue weighted by atomic mass is 10.1. The van der Waals surface area contributed by atoms with Crippen LogP contribution in [0.5, 0.6) is 5.75 Å². The summed E-state index contributed by atoms with van der Waals surface area (Å²) in [5.74, 6) is -0.146. The third-order valence-electron chi connectivity index (χ3n) is 3.05. The molecular formula is C15H16FNO3S. The van der Waals surface area contributed by atoms with E-state index in [0.717, 1.165) is 11.6 Å². The highest BCUT2D eigenvalue weighted by Gasteiger charge is 2.21. The van der Waals surface area contributed by atoms with Crippen LogP contribution in [-0.2, 0) is 10.0 Å². The Bertz CT molecular complexity index is 731. The van der Waals surface area contributed by atoms with E-state index in [1.54, 1.807) is 31.2 Å². The smallest absolute Gasteiger partial charge is 0.244 e. The molecule has 0 radical (unpaired) electrons. The predicted octanol–water partition coefficient (Wildman–Crippen LogP) is 2.87. The minimum Gasteiger partial charge on any atom is -0.497 e. The summed E-state index contributed by atoms with van der Waals surface area (Å²) in [6.45, 7) is 1.69. The number of ether oxygens (including phenoxy) is 1. The molecule has 21 heavy (non-hydrogen) atoms. The van der Waals surface area contributed by atoms with Gasteiger partial charge in [0.2, 0.25) is 10.0 Å². The van der Waals surface area contributed by atoms with Crippen LogP contribution < -0.4 is 9.46 Å². The lowest BCUT2D eigenvalue weighted by Gasteiger charge is -2.15. The lowest BCUT2D eigenvalue weighted by Crippen LogP contribution is -2.27. The zero-order chi connectivity index (χ0) is 15.5. The van der Waals surface area contributed by atoms with Crippen LogP contribution in [0.4, 0.5) is 4.39 Å². The van der Waals surface area contributed by atoms with Crippen LogP contribution in [0.3, 0.4) is 0 Å². The maximum absolute atomic E-state index is 13.6. The Morgan fingerprint density at radius 2 is 1.86 bits per heavy atom. The summed E-state index contributed by atoms with van der Waals surface area (Å²) in [6, 6.07) is 11.8. The van der Waals surface area contributed by atoms with E-state index in [0.29, 0.717) is 5.75 Å².